The molecule has 33 heavy (non-hydrogen) atoms. The predicted octanol–water partition coefficient (Wildman–Crippen LogP) is 5.40. The maximum absolute atomic E-state index is 9.87. The monoisotopic (exact) mass is 451 g/mol. The molecule has 3 aromatic rings. The zero-order valence-electron chi connectivity index (χ0n) is 20.1. The van der Waals surface area contributed by atoms with Gasteiger partial charge in [0.2, 0.25) is 0 Å². The van der Waals surface area contributed by atoms with E-state index in [-0.39, 0.29) is 12.4 Å². The molecule has 0 radical (unpaired) electrons. The van der Waals surface area contributed by atoms with Crippen LogP contribution < -0.4 is 9.47 Å². The van der Waals surface area contributed by atoms with E-state index in [1.165, 1.54) is 0 Å². The summed E-state index contributed by atoms with van der Waals surface area (Å²) in [6, 6.07) is 18.1. The summed E-state index contributed by atoms with van der Waals surface area (Å²) in [6.07, 6.45) is 2.44. The number of aromatic hydroxyl groups is 1. The fraction of sp³-hybridized carbons (Fsp3) is 0.429. The van der Waals surface area contributed by atoms with Gasteiger partial charge in [0.05, 0.1) is 6.61 Å². The van der Waals surface area contributed by atoms with E-state index < -0.39 is 0 Å². The molecule has 0 fully saturated rings. The van der Waals surface area contributed by atoms with Crippen LogP contribution in [0.5, 0.6) is 17.2 Å². The van der Waals surface area contributed by atoms with E-state index in [4.69, 9.17) is 14.6 Å². The molecule has 0 unspecified atom stereocenters. The normalized spacial score (nSPS) is 11.5. The molecule has 0 saturated carbocycles. The van der Waals surface area contributed by atoms with Crippen LogP contribution in [0, 0.1) is 0 Å². The van der Waals surface area contributed by atoms with Crippen molar-refractivity contribution in [3.63, 3.8) is 0 Å². The Hall–Kier alpha value is -2.76. The van der Waals surface area contributed by atoms with Crippen molar-refractivity contribution < 1.29 is 19.7 Å². The molecule has 0 saturated heterocycles. The second-order valence-corrected chi connectivity index (χ2v) is 8.67. The molecule has 3 rings (SSSR count). The summed E-state index contributed by atoms with van der Waals surface area (Å²) in [7, 11) is 0. The summed E-state index contributed by atoms with van der Waals surface area (Å²) in [4.78, 5) is 2.44. The van der Waals surface area contributed by atoms with Gasteiger partial charge >= 0.3 is 0 Å². The van der Waals surface area contributed by atoms with Crippen LogP contribution in [0.1, 0.15) is 44.7 Å². The lowest BCUT2D eigenvalue weighted by atomic mass is 9.97. The number of aliphatic hydroxyl groups is 1. The first-order valence-corrected chi connectivity index (χ1v) is 12.0. The Kier molecular flexibility index (Phi) is 9.40. The van der Waals surface area contributed by atoms with E-state index in [1.54, 1.807) is 12.1 Å². The van der Waals surface area contributed by atoms with Crippen molar-refractivity contribution in [1.82, 2.24) is 4.90 Å². The molecule has 0 spiro atoms. The molecule has 178 valence electrons. The van der Waals surface area contributed by atoms with E-state index >= 15 is 0 Å². The van der Waals surface area contributed by atoms with Gasteiger partial charge in [-0.05, 0) is 73.5 Å². The van der Waals surface area contributed by atoms with Gasteiger partial charge in [0, 0.05) is 37.6 Å². The lowest BCUT2D eigenvalue weighted by Gasteiger charge is -2.25. The first-order chi connectivity index (χ1) is 16.0. The number of aliphatic hydroxyl groups excluding tert-OH is 1. The third-order valence-corrected chi connectivity index (χ3v) is 5.82. The molecule has 5 nitrogen and oxygen atoms in total. The number of phenols is 1. The molecular weight excluding hydrogens is 414 g/mol. The van der Waals surface area contributed by atoms with E-state index in [0.29, 0.717) is 32.1 Å². The van der Waals surface area contributed by atoms with Gasteiger partial charge in [-0.15, -0.1) is 0 Å². The van der Waals surface area contributed by atoms with Gasteiger partial charge in [0.15, 0.2) is 0 Å². The number of phenolic OH excluding ortho intramolecular Hbond substituents is 1. The van der Waals surface area contributed by atoms with Crippen LogP contribution in [0.4, 0.5) is 0 Å². The largest absolute Gasteiger partial charge is 0.508 e. The number of hydrogen-bond acceptors (Lipinski definition) is 5. The van der Waals surface area contributed by atoms with Gasteiger partial charge < -0.3 is 19.7 Å². The van der Waals surface area contributed by atoms with Crippen LogP contribution in [0.25, 0.3) is 10.8 Å². The summed E-state index contributed by atoms with van der Waals surface area (Å²) >= 11 is 0. The second-order valence-electron chi connectivity index (χ2n) is 8.67. The Labute approximate surface area is 197 Å². The topological polar surface area (TPSA) is 62.2 Å². The minimum absolute atomic E-state index is 0.103. The van der Waals surface area contributed by atoms with Crippen molar-refractivity contribution >= 4 is 10.8 Å². The van der Waals surface area contributed by atoms with E-state index in [0.717, 1.165) is 52.9 Å². The number of ether oxygens (including phenoxy) is 2. The Bertz CT molecular complexity index is 1000. The van der Waals surface area contributed by atoms with Crippen molar-refractivity contribution in [1.29, 1.82) is 0 Å². The number of benzene rings is 3. The van der Waals surface area contributed by atoms with Crippen LogP contribution in [0.3, 0.4) is 0 Å². The summed E-state index contributed by atoms with van der Waals surface area (Å²) in [5.74, 6) is 1.94. The zero-order valence-corrected chi connectivity index (χ0v) is 20.1. The number of nitrogens with zero attached hydrogens (tertiary/aromatic N) is 1. The molecule has 0 aromatic heterocycles. The Morgan fingerprint density at radius 1 is 0.909 bits per heavy atom. The molecule has 0 aliphatic heterocycles. The molecule has 0 amide bonds. The van der Waals surface area contributed by atoms with Crippen LogP contribution in [-0.2, 0) is 6.42 Å². The number of hydrogen-bond donors (Lipinski definition) is 2. The third kappa shape index (κ3) is 7.11. The first kappa shape index (κ1) is 24.9. The van der Waals surface area contributed by atoms with Crippen molar-refractivity contribution in [3.05, 3.63) is 65.7 Å². The van der Waals surface area contributed by atoms with Gasteiger partial charge in [-0.1, -0.05) is 31.2 Å². The molecule has 0 heterocycles. The summed E-state index contributed by atoms with van der Waals surface area (Å²) < 4.78 is 12.0. The maximum Gasteiger partial charge on any atom is 0.123 e. The average Bonchev–Trinajstić information content (AvgIpc) is 2.80. The molecule has 0 atom stereocenters. The summed E-state index contributed by atoms with van der Waals surface area (Å²) in [5.41, 5.74) is 2.23. The average molecular weight is 452 g/mol. The Balaban J connectivity index is 1.71. The van der Waals surface area contributed by atoms with Gasteiger partial charge in [-0.2, -0.15) is 0 Å². The Morgan fingerprint density at radius 3 is 2.39 bits per heavy atom. The lowest BCUT2D eigenvalue weighted by Crippen LogP contribution is -2.35. The van der Waals surface area contributed by atoms with Crippen LogP contribution >= 0.6 is 0 Å². The molecular formula is C28H37NO4. The van der Waals surface area contributed by atoms with Crippen molar-refractivity contribution in [2.75, 3.05) is 32.9 Å². The molecule has 0 bridgehead atoms. The fourth-order valence-electron chi connectivity index (χ4n) is 4.03. The zero-order chi connectivity index (χ0) is 23.6. The van der Waals surface area contributed by atoms with Gasteiger partial charge in [-0.25, -0.2) is 0 Å². The maximum atomic E-state index is 9.87. The molecule has 0 aliphatic rings. The predicted molar refractivity (Wildman–Crippen MR) is 135 cm³/mol. The van der Waals surface area contributed by atoms with E-state index in [9.17, 15) is 5.11 Å². The SMILES string of the molecule is CCCN(CCOc1ccc(Cc2c(OCCCO)ccc3cc(O)ccc23)cc1)C(C)C. The first-order valence-electron chi connectivity index (χ1n) is 12.0. The van der Waals surface area contributed by atoms with Crippen molar-refractivity contribution in [2.45, 2.75) is 46.1 Å². The van der Waals surface area contributed by atoms with Gasteiger partial charge in [-0.3, -0.25) is 4.90 Å². The summed E-state index contributed by atoms with van der Waals surface area (Å²) in [6.45, 7) is 9.90. The van der Waals surface area contributed by atoms with Gasteiger partial charge in [0.25, 0.3) is 0 Å². The van der Waals surface area contributed by atoms with Gasteiger partial charge in [0.1, 0.15) is 23.9 Å². The molecule has 5 heteroatoms. The fourth-order valence-corrected chi connectivity index (χ4v) is 4.03. The van der Waals surface area contributed by atoms with Crippen LogP contribution in [-0.4, -0.2) is 54.1 Å². The molecule has 0 aliphatic carbocycles. The van der Waals surface area contributed by atoms with Crippen LogP contribution in [0.2, 0.25) is 0 Å². The number of fused-ring (bicyclic) bond motifs is 1. The second kappa shape index (κ2) is 12.5. The minimum atomic E-state index is 0.103. The van der Waals surface area contributed by atoms with Crippen LogP contribution in [0.15, 0.2) is 54.6 Å². The minimum Gasteiger partial charge on any atom is -0.508 e. The third-order valence-electron chi connectivity index (χ3n) is 5.82. The van der Waals surface area contributed by atoms with Crippen molar-refractivity contribution in [3.8, 4) is 17.2 Å². The highest BCUT2D eigenvalue weighted by Gasteiger charge is 2.12. The van der Waals surface area contributed by atoms with Crippen molar-refractivity contribution in [2.24, 2.45) is 0 Å². The highest BCUT2D eigenvalue weighted by Crippen LogP contribution is 2.32. The lowest BCUT2D eigenvalue weighted by molar-refractivity contribution is 0.176. The smallest absolute Gasteiger partial charge is 0.123 e. The standard InChI is InChI=1S/C28H37NO4/c1-4-14-29(21(2)3)15-18-32-25-10-6-22(7-11-25)19-27-26-12-9-24(31)20-23(26)8-13-28(27)33-17-5-16-30/h6-13,20-21,30-31H,4-5,14-19H2,1-3H3. The summed E-state index contributed by atoms with van der Waals surface area (Å²) in [5, 5.41) is 21.0. The van der Waals surface area contributed by atoms with E-state index in [1.807, 2.05) is 30.3 Å². The molecule has 2 N–H and O–H groups in total. The number of rotatable bonds is 13. The Morgan fingerprint density at radius 2 is 1.70 bits per heavy atom. The highest BCUT2D eigenvalue weighted by atomic mass is 16.5. The van der Waals surface area contributed by atoms with E-state index in [2.05, 4.69) is 37.8 Å². The molecule has 3 aromatic carbocycles. The highest BCUT2D eigenvalue weighted by molar-refractivity contribution is 5.89. The quantitative estimate of drug-likeness (QED) is 0.341.